The molecule has 0 radical (unpaired) electrons. The second-order valence-electron chi connectivity index (χ2n) is 4.87. The van der Waals surface area contributed by atoms with Crippen LogP contribution in [0.15, 0.2) is 12.7 Å². The molecule has 70 valence electrons. The first kappa shape index (κ1) is 11.6. The fourth-order valence-electron chi connectivity index (χ4n) is 1.02. The molecule has 2 heteroatoms. The van der Waals surface area contributed by atoms with Gasteiger partial charge in [-0.1, -0.05) is 39.9 Å². The summed E-state index contributed by atoms with van der Waals surface area (Å²) in [5, 5.41) is 0.257. The minimum absolute atomic E-state index is 0.0810. The normalized spacial score (nSPS) is 15.4. The Morgan fingerprint density at radius 3 is 1.83 bits per heavy atom. The predicted octanol–water partition coefficient (Wildman–Crippen LogP) is 3.25. The predicted molar refractivity (Wildman–Crippen MR) is 57.2 cm³/mol. The van der Waals surface area contributed by atoms with Crippen LogP contribution in [-0.4, -0.2) is 14.4 Å². The Bertz CT molecular complexity index is 169. The zero-order valence-electron chi connectivity index (χ0n) is 8.85. The number of carbonyl (C=O) groups is 1. The highest BCUT2D eigenvalue weighted by Gasteiger charge is 2.40. The van der Waals surface area contributed by atoms with E-state index in [4.69, 9.17) is 0 Å². The Hall–Kier alpha value is -0.373. The van der Waals surface area contributed by atoms with Crippen LogP contribution >= 0.6 is 0 Å². The summed E-state index contributed by atoms with van der Waals surface area (Å²) < 4.78 is 0. The van der Waals surface area contributed by atoms with Crippen LogP contribution < -0.4 is 0 Å². The first-order valence-electron chi connectivity index (χ1n) is 4.35. The van der Waals surface area contributed by atoms with Crippen molar-refractivity contribution in [3.8, 4) is 0 Å². The van der Waals surface area contributed by atoms with Crippen LogP contribution in [0, 0.1) is 0 Å². The first-order valence-corrected chi connectivity index (χ1v) is 7.43. The van der Waals surface area contributed by atoms with Crippen molar-refractivity contribution in [2.45, 2.75) is 44.4 Å². The molecule has 0 spiro atoms. The molecule has 1 nitrogen and oxygen atoms in total. The van der Waals surface area contributed by atoms with Crippen LogP contribution in [0.25, 0.3) is 0 Å². The SMILES string of the molecule is C=CC(C=O)[Si](C)(C)C(C)(C)C. The molecule has 0 amide bonds. The number of aldehydes is 1. The summed E-state index contributed by atoms with van der Waals surface area (Å²) in [6, 6.07) is 0. The van der Waals surface area contributed by atoms with E-state index in [1.807, 2.05) is 0 Å². The Balaban J connectivity index is 4.80. The van der Waals surface area contributed by atoms with Crippen LogP contribution in [0.2, 0.25) is 23.7 Å². The minimum atomic E-state index is -1.52. The molecule has 0 aliphatic heterocycles. The van der Waals surface area contributed by atoms with Gasteiger partial charge in [0.05, 0.1) is 8.07 Å². The van der Waals surface area contributed by atoms with Gasteiger partial charge in [-0.3, -0.25) is 0 Å². The average Bonchev–Trinajstić information content (AvgIpc) is 1.87. The standard InChI is InChI=1S/C10H20OSi/c1-7-9(8-11)12(5,6)10(2,3)4/h7-9H,1H2,2-6H3. The van der Waals surface area contributed by atoms with Gasteiger partial charge in [0.25, 0.3) is 0 Å². The summed E-state index contributed by atoms with van der Waals surface area (Å²) in [6.45, 7) is 14.8. The summed E-state index contributed by atoms with van der Waals surface area (Å²) in [7, 11) is -1.52. The van der Waals surface area contributed by atoms with Gasteiger partial charge in [0.15, 0.2) is 0 Å². The van der Waals surface area contributed by atoms with E-state index in [0.29, 0.717) is 0 Å². The Morgan fingerprint density at radius 2 is 1.75 bits per heavy atom. The van der Waals surface area contributed by atoms with E-state index in [1.165, 1.54) is 0 Å². The van der Waals surface area contributed by atoms with Gasteiger partial charge in [0.2, 0.25) is 0 Å². The van der Waals surface area contributed by atoms with E-state index in [1.54, 1.807) is 6.08 Å². The number of hydrogen-bond acceptors (Lipinski definition) is 1. The smallest absolute Gasteiger partial charge is 0.124 e. The van der Waals surface area contributed by atoms with Gasteiger partial charge in [0, 0.05) is 5.54 Å². The summed E-state index contributed by atoms with van der Waals surface area (Å²) in [5.74, 6) is 0. The molecule has 0 rings (SSSR count). The summed E-state index contributed by atoms with van der Waals surface area (Å²) in [5.41, 5.74) is 0.0810. The quantitative estimate of drug-likeness (QED) is 0.374. The highest BCUT2D eigenvalue weighted by molar-refractivity contribution is 6.84. The van der Waals surface area contributed by atoms with Crippen molar-refractivity contribution in [1.82, 2.24) is 0 Å². The van der Waals surface area contributed by atoms with Crippen molar-refractivity contribution in [3.05, 3.63) is 12.7 Å². The first-order chi connectivity index (χ1) is 5.27. The van der Waals surface area contributed by atoms with Gasteiger partial charge in [-0.2, -0.15) is 0 Å². The molecule has 1 unspecified atom stereocenters. The lowest BCUT2D eigenvalue weighted by atomic mass is 10.2. The topological polar surface area (TPSA) is 17.1 Å². The molecule has 0 saturated carbocycles. The second kappa shape index (κ2) is 3.56. The van der Waals surface area contributed by atoms with Crippen molar-refractivity contribution < 1.29 is 4.79 Å². The number of rotatable bonds is 3. The molecule has 0 aromatic carbocycles. The van der Waals surface area contributed by atoms with Gasteiger partial charge in [-0.15, -0.1) is 6.58 Å². The number of allylic oxidation sites excluding steroid dienone is 1. The largest absolute Gasteiger partial charge is 0.303 e. The molecule has 0 aliphatic rings. The van der Waals surface area contributed by atoms with Gasteiger partial charge < -0.3 is 4.79 Å². The lowest BCUT2D eigenvalue weighted by Crippen LogP contribution is -2.42. The monoisotopic (exact) mass is 184 g/mol. The Morgan fingerprint density at radius 1 is 1.33 bits per heavy atom. The summed E-state index contributed by atoms with van der Waals surface area (Å²) in [6.07, 6.45) is 2.84. The second-order valence-corrected chi connectivity index (χ2v) is 10.5. The van der Waals surface area contributed by atoms with E-state index < -0.39 is 8.07 Å². The van der Waals surface area contributed by atoms with Crippen molar-refractivity contribution in [3.63, 3.8) is 0 Å². The van der Waals surface area contributed by atoms with Crippen molar-refractivity contribution >= 4 is 14.4 Å². The van der Waals surface area contributed by atoms with Crippen molar-refractivity contribution in [1.29, 1.82) is 0 Å². The summed E-state index contributed by atoms with van der Waals surface area (Å²) >= 11 is 0. The van der Waals surface area contributed by atoms with Crippen LogP contribution in [0.5, 0.6) is 0 Å². The highest BCUT2D eigenvalue weighted by atomic mass is 28.3. The highest BCUT2D eigenvalue weighted by Crippen LogP contribution is 2.42. The fraction of sp³-hybridized carbons (Fsp3) is 0.700. The maximum atomic E-state index is 10.8. The molecule has 0 bridgehead atoms. The van der Waals surface area contributed by atoms with E-state index in [2.05, 4.69) is 40.4 Å². The third-order valence-electron chi connectivity index (χ3n) is 3.17. The van der Waals surface area contributed by atoms with Crippen molar-refractivity contribution in [2.75, 3.05) is 0 Å². The fourth-order valence-corrected chi connectivity index (χ4v) is 2.95. The molecular formula is C10H20OSi. The molecule has 0 N–H and O–H groups in total. The van der Waals surface area contributed by atoms with Gasteiger partial charge in [0.1, 0.15) is 6.29 Å². The van der Waals surface area contributed by atoms with Crippen molar-refractivity contribution in [2.24, 2.45) is 0 Å². The molecule has 0 aliphatic carbocycles. The van der Waals surface area contributed by atoms with Gasteiger partial charge >= 0.3 is 0 Å². The van der Waals surface area contributed by atoms with Gasteiger partial charge in [-0.05, 0) is 5.04 Å². The lowest BCUT2D eigenvalue weighted by molar-refractivity contribution is -0.107. The Kier molecular flexibility index (Phi) is 3.45. The van der Waals surface area contributed by atoms with Crippen LogP contribution in [0.3, 0.4) is 0 Å². The third-order valence-corrected chi connectivity index (χ3v) is 9.07. The molecular weight excluding hydrogens is 164 g/mol. The van der Waals surface area contributed by atoms with E-state index in [0.717, 1.165) is 6.29 Å². The van der Waals surface area contributed by atoms with E-state index in [-0.39, 0.29) is 10.6 Å². The maximum Gasteiger partial charge on any atom is 0.124 e. The lowest BCUT2D eigenvalue weighted by Gasteiger charge is -2.39. The molecule has 0 fully saturated rings. The number of carbonyl (C=O) groups excluding carboxylic acids is 1. The maximum absolute atomic E-state index is 10.8. The third kappa shape index (κ3) is 2.06. The van der Waals surface area contributed by atoms with Crippen LogP contribution in [-0.2, 0) is 4.79 Å². The zero-order valence-corrected chi connectivity index (χ0v) is 9.85. The van der Waals surface area contributed by atoms with Crippen LogP contribution in [0.4, 0.5) is 0 Å². The van der Waals surface area contributed by atoms with Gasteiger partial charge in [-0.25, -0.2) is 0 Å². The van der Waals surface area contributed by atoms with E-state index >= 15 is 0 Å². The number of hydrogen-bond donors (Lipinski definition) is 0. The molecule has 0 heterocycles. The Labute approximate surface area is 76.9 Å². The zero-order chi connectivity index (χ0) is 9.99. The molecule has 12 heavy (non-hydrogen) atoms. The molecule has 0 aromatic rings. The average molecular weight is 184 g/mol. The molecule has 0 saturated heterocycles. The summed E-state index contributed by atoms with van der Waals surface area (Å²) in [4.78, 5) is 10.8. The minimum Gasteiger partial charge on any atom is -0.303 e. The van der Waals surface area contributed by atoms with E-state index in [9.17, 15) is 4.79 Å². The molecule has 0 aromatic heterocycles. The van der Waals surface area contributed by atoms with Crippen LogP contribution in [0.1, 0.15) is 20.8 Å². The molecule has 1 atom stereocenters.